The van der Waals surface area contributed by atoms with E-state index in [4.69, 9.17) is 16.3 Å². The van der Waals surface area contributed by atoms with Crippen molar-refractivity contribution in [3.8, 4) is 5.75 Å². The summed E-state index contributed by atoms with van der Waals surface area (Å²) in [6.45, 7) is 1.78. The average Bonchev–Trinajstić information content (AvgIpc) is 2.87. The van der Waals surface area contributed by atoms with E-state index in [1.54, 1.807) is 24.3 Å². The van der Waals surface area contributed by atoms with E-state index in [1.807, 2.05) is 6.92 Å². The maximum Gasteiger partial charge on any atom is 0.280 e. The van der Waals surface area contributed by atoms with Gasteiger partial charge in [0.15, 0.2) is 0 Å². The fraction of sp³-hybridized carbons (Fsp3) is 0.222. The number of fused-ring (bicyclic) bond motifs is 1. The molecule has 0 aliphatic carbocycles. The van der Waals surface area contributed by atoms with Crippen molar-refractivity contribution in [3.63, 3.8) is 0 Å². The molecule has 0 atom stereocenters. The lowest BCUT2D eigenvalue weighted by atomic mass is 10.2. The molecule has 1 aliphatic heterocycles. The zero-order chi connectivity index (χ0) is 18.8. The molecular weight excluding hydrogens is 358 g/mol. The monoisotopic (exact) mass is 373 g/mol. The largest absolute Gasteiger partial charge is 0.495 e. The summed E-state index contributed by atoms with van der Waals surface area (Å²) in [5, 5.41) is 3.24. The number of hydrogen-bond acceptors (Lipinski definition) is 5. The van der Waals surface area contributed by atoms with Crippen LogP contribution in [0, 0.1) is 6.92 Å². The number of carbonyl (C=O) groups excluding carboxylic acids is 3. The number of aryl methyl sites for hydroxylation is 1. The van der Waals surface area contributed by atoms with Gasteiger partial charge in [-0.25, -0.2) is 0 Å². The van der Waals surface area contributed by atoms with E-state index in [0.29, 0.717) is 16.5 Å². The number of ether oxygens (including phenoxy) is 1. The minimum Gasteiger partial charge on any atom is -0.495 e. The van der Waals surface area contributed by atoms with Gasteiger partial charge < -0.3 is 10.1 Å². The third-order valence-corrected chi connectivity index (χ3v) is 4.46. The number of methoxy groups -OCH3 is 1. The number of amides is 3. The minimum atomic E-state index is -0.488. The van der Waals surface area contributed by atoms with Crippen molar-refractivity contribution in [1.29, 1.82) is 0 Å². The molecule has 1 aromatic carbocycles. The van der Waals surface area contributed by atoms with Gasteiger partial charge in [0.25, 0.3) is 11.8 Å². The van der Waals surface area contributed by atoms with Gasteiger partial charge in [-0.2, -0.15) is 0 Å². The van der Waals surface area contributed by atoms with E-state index in [0.717, 1.165) is 10.5 Å². The van der Waals surface area contributed by atoms with Crippen LogP contribution in [0.4, 0.5) is 5.69 Å². The van der Waals surface area contributed by atoms with Crippen LogP contribution in [0.1, 0.15) is 32.8 Å². The van der Waals surface area contributed by atoms with Gasteiger partial charge in [0.2, 0.25) is 5.91 Å². The van der Waals surface area contributed by atoms with Crippen molar-refractivity contribution in [1.82, 2.24) is 9.88 Å². The molecule has 0 bridgehead atoms. The first kappa shape index (κ1) is 17.9. The van der Waals surface area contributed by atoms with Gasteiger partial charge in [0, 0.05) is 30.3 Å². The van der Waals surface area contributed by atoms with Crippen molar-refractivity contribution >= 4 is 35.0 Å². The average molecular weight is 374 g/mol. The maximum atomic E-state index is 12.3. The molecule has 2 heterocycles. The van der Waals surface area contributed by atoms with Gasteiger partial charge >= 0.3 is 0 Å². The van der Waals surface area contributed by atoms with Crippen molar-refractivity contribution < 1.29 is 19.1 Å². The number of rotatable bonds is 5. The number of benzene rings is 1. The fourth-order valence-electron chi connectivity index (χ4n) is 2.67. The van der Waals surface area contributed by atoms with Crippen LogP contribution in [0.3, 0.4) is 0 Å². The van der Waals surface area contributed by atoms with Gasteiger partial charge in [-0.15, -0.1) is 0 Å². The van der Waals surface area contributed by atoms with Gasteiger partial charge in [-0.3, -0.25) is 24.3 Å². The number of imide groups is 1. The molecule has 0 spiro atoms. The van der Waals surface area contributed by atoms with E-state index in [9.17, 15) is 14.4 Å². The van der Waals surface area contributed by atoms with Crippen LogP contribution in [-0.4, -0.2) is 41.3 Å². The van der Waals surface area contributed by atoms with Crippen molar-refractivity contribution in [3.05, 3.63) is 52.3 Å². The van der Waals surface area contributed by atoms with Crippen LogP contribution in [-0.2, 0) is 4.79 Å². The Bertz CT molecular complexity index is 878. The first-order chi connectivity index (χ1) is 12.4. The number of aromatic nitrogens is 1. The van der Waals surface area contributed by atoms with E-state index in [1.165, 1.54) is 13.3 Å². The summed E-state index contributed by atoms with van der Waals surface area (Å²) < 4.78 is 5.21. The number of hydrogen-bond donors (Lipinski definition) is 1. The Labute approximate surface area is 154 Å². The molecule has 0 radical (unpaired) electrons. The predicted octanol–water partition coefficient (Wildman–Crippen LogP) is 2.68. The van der Waals surface area contributed by atoms with Crippen LogP contribution < -0.4 is 10.1 Å². The standard InChI is InChI=1S/C18H16ClN3O4/c1-10-8-13(14(26-2)9-12(10)19)21-15(23)5-7-22-17(24)11-4-3-6-20-16(11)18(22)25/h3-4,6,8-9H,5,7H2,1-2H3,(H,21,23). The van der Waals surface area contributed by atoms with Crippen LogP contribution in [0.2, 0.25) is 5.02 Å². The van der Waals surface area contributed by atoms with Crippen molar-refractivity contribution in [2.75, 3.05) is 19.0 Å². The number of nitrogens with zero attached hydrogens (tertiary/aromatic N) is 2. The molecule has 8 heteroatoms. The van der Waals surface area contributed by atoms with E-state index < -0.39 is 11.8 Å². The molecule has 0 unspecified atom stereocenters. The Morgan fingerprint density at radius 1 is 1.31 bits per heavy atom. The van der Waals surface area contributed by atoms with Gasteiger partial charge in [0.1, 0.15) is 11.4 Å². The van der Waals surface area contributed by atoms with Gasteiger partial charge in [-0.1, -0.05) is 11.6 Å². The van der Waals surface area contributed by atoms with Crippen LogP contribution in [0.5, 0.6) is 5.75 Å². The molecule has 0 saturated carbocycles. The minimum absolute atomic E-state index is 0.0330. The number of pyridine rings is 1. The highest BCUT2D eigenvalue weighted by Crippen LogP contribution is 2.31. The summed E-state index contributed by atoms with van der Waals surface area (Å²) in [6.07, 6.45) is 1.41. The Hall–Kier alpha value is -2.93. The Morgan fingerprint density at radius 3 is 2.77 bits per heavy atom. The molecule has 3 rings (SSSR count). The molecular formula is C18H16ClN3O4. The number of nitrogens with one attached hydrogen (secondary N) is 1. The lowest BCUT2D eigenvalue weighted by molar-refractivity contribution is -0.116. The SMILES string of the molecule is COc1cc(Cl)c(C)cc1NC(=O)CCN1C(=O)c2cccnc2C1=O. The molecule has 3 amide bonds. The van der Waals surface area contributed by atoms with E-state index in [2.05, 4.69) is 10.3 Å². The van der Waals surface area contributed by atoms with Crippen molar-refractivity contribution in [2.45, 2.75) is 13.3 Å². The quantitative estimate of drug-likeness (QED) is 0.814. The summed E-state index contributed by atoms with van der Waals surface area (Å²) in [4.78, 5) is 41.7. The molecule has 134 valence electrons. The van der Waals surface area contributed by atoms with E-state index >= 15 is 0 Å². The second kappa shape index (κ2) is 7.13. The molecule has 2 aromatic rings. The third-order valence-electron chi connectivity index (χ3n) is 4.05. The first-order valence-corrected chi connectivity index (χ1v) is 8.25. The second-order valence-electron chi connectivity index (χ2n) is 5.76. The highest BCUT2D eigenvalue weighted by molar-refractivity contribution is 6.31. The highest BCUT2D eigenvalue weighted by Gasteiger charge is 2.36. The summed E-state index contributed by atoms with van der Waals surface area (Å²) in [5.41, 5.74) is 1.64. The van der Waals surface area contributed by atoms with Gasteiger partial charge in [0.05, 0.1) is 18.4 Å². The van der Waals surface area contributed by atoms with Gasteiger partial charge in [-0.05, 0) is 30.7 Å². The number of halogens is 1. The Balaban J connectivity index is 1.67. The Kier molecular flexibility index (Phi) is 4.90. The lowest BCUT2D eigenvalue weighted by Crippen LogP contribution is -2.33. The maximum absolute atomic E-state index is 12.3. The molecule has 7 nitrogen and oxygen atoms in total. The summed E-state index contributed by atoms with van der Waals surface area (Å²) in [7, 11) is 1.47. The summed E-state index contributed by atoms with van der Waals surface area (Å²) in [6, 6.07) is 6.45. The summed E-state index contributed by atoms with van der Waals surface area (Å²) in [5.74, 6) is -0.849. The first-order valence-electron chi connectivity index (χ1n) is 7.87. The number of anilines is 1. The molecule has 1 aromatic heterocycles. The molecule has 1 aliphatic rings. The second-order valence-corrected chi connectivity index (χ2v) is 6.17. The molecule has 26 heavy (non-hydrogen) atoms. The van der Waals surface area contributed by atoms with Crippen LogP contribution in [0.25, 0.3) is 0 Å². The molecule has 0 saturated heterocycles. The smallest absolute Gasteiger partial charge is 0.280 e. The van der Waals surface area contributed by atoms with Crippen LogP contribution in [0.15, 0.2) is 30.5 Å². The number of carbonyl (C=O) groups is 3. The Morgan fingerprint density at radius 2 is 2.08 bits per heavy atom. The molecule has 0 fully saturated rings. The lowest BCUT2D eigenvalue weighted by Gasteiger charge is -2.15. The van der Waals surface area contributed by atoms with Crippen molar-refractivity contribution in [2.24, 2.45) is 0 Å². The zero-order valence-corrected chi connectivity index (χ0v) is 15.0. The topological polar surface area (TPSA) is 88.6 Å². The summed E-state index contributed by atoms with van der Waals surface area (Å²) >= 11 is 6.04. The fourth-order valence-corrected chi connectivity index (χ4v) is 2.83. The van der Waals surface area contributed by atoms with Crippen LogP contribution >= 0.6 is 11.6 Å². The molecule has 1 N–H and O–H groups in total. The predicted molar refractivity (Wildman–Crippen MR) is 95.6 cm³/mol. The highest BCUT2D eigenvalue weighted by atomic mass is 35.5. The zero-order valence-electron chi connectivity index (χ0n) is 14.2. The van der Waals surface area contributed by atoms with E-state index in [-0.39, 0.29) is 30.1 Å². The third kappa shape index (κ3) is 3.25. The normalized spacial score (nSPS) is 13.0.